The average Bonchev–Trinajstić information content (AvgIpc) is 2.10. The van der Waals surface area contributed by atoms with Gasteiger partial charge in [-0.25, -0.2) is 0 Å². The molecule has 0 aliphatic heterocycles. The molecule has 0 saturated heterocycles. The van der Waals surface area contributed by atoms with Gasteiger partial charge in [-0.05, 0) is 52.4 Å². The van der Waals surface area contributed by atoms with Crippen molar-refractivity contribution in [3.05, 3.63) is 0 Å². The van der Waals surface area contributed by atoms with E-state index in [1.54, 1.807) is 27.7 Å². The summed E-state index contributed by atoms with van der Waals surface area (Å²) >= 11 is 0. The first kappa shape index (κ1) is 21.7. The molecule has 0 radical (unpaired) electrons. The lowest BCUT2D eigenvalue weighted by atomic mass is 9.91. The standard InChI is InChI=1S/C14H26O2.C3H8O/c1-11(2)9-13(5,15)7-8-14(6,16)10-12(3)4;1-3(2)4/h11-12,15-16H,9-10H2,1-6H3;3-4H,1-2H3. The molecule has 0 aliphatic rings. The van der Waals surface area contributed by atoms with Gasteiger partial charge in [-0.3, -0.25) is 0 Å². The molecule has 3 N–H and O–H groups in total. The third kappa shape index (κ3) is 17.4. The number of hydrogen-bond acceptors (Lipinski definition) is 3. The molecule has 0 aromatic rings. The van der Waals surface area contributed by atoms with E-state index < -0.39 is 11.2 Å². The van der Waals surface area contributed by atoms with Crippen LogP contribution in [0.2, 0.25) is 0 Å². The second kappa shape index (κ2) is 9.39. The molecule has 120 valence electrons. The van der Waals surface area contributed by atoms with E-state index in [0.717, 1.165) is 0 Å². The van der Waals surface area contributed by atoms with Crippen LogP contribution in [0.3, 0.4) is 0 Å². The van der Waals surface area contributed by atoms with E-state index in [2.05, 4.69) is 11.8 Å². The maximum Gasteiger partial charge on any atom is 0.123 e. The second-order valence-corrected chi connectivity index (χ2v) is 7.09. The zero-order valence-electron chi connectivity index (χ0n) is 14.5. The quantitative estimate of drug-likeness (QED) is 0.696. The Morgan fingerprint density at radius 3 is 1.10 bits per heavy atom. The van der Waals surface area contributed by atoms with Gasteiger partial charge in [0.05, 0.1) is 0 Å². The number of hydrogen-bond donors (Lipinski definition) is 3. The third-order valence-corrected chi connectivity index (χ3v) is 2.21. The molecule has 0 aromatic heterocycles. The van der Waals surface area contributed by atoms with Gasteiger partial charge in [-0.1, -0.05) is 39.5 Å². The number of aliphatic hydroxyl groups excluding tert-OH is 1. The van der Waals surface area contributed by atoms with Gasteiger partial charge in [0.1, 0.15) is 11.2 Å². The van der Waals surface area contributed by atoms with Gasteiger partial charge in [0.25, 0.3) is 0 Å². The minimum Gasteiger partial charge on any atom is -0.394 e. The predicted octanol–water partition coefficient (Wildman–Crippen LogP) is 2.97. The molecule has 0 aliphatic carbocycles. The van der Waals surface area contributed by atoms with Crippen molar-refractivity contribution < 1.29 is 15.3 Å². The molecule has 3 heteroatoms. The SMILES string of the molecule is CC(C)CC(C)(O)C#CC(C)(O)CC(C)C.CC(C)O. The van der Waals surface area contributed by atoms with Crippen LogP contribution in [0.5, 0.6) is 0 Å². The first-order chi connectivity index (χ1) is 8.77. The van der Waals surface area contributed by atoms with Gasteiger partial charge < -0.3 is 15.3 Å². The Labute approximate surface area is 125 Å². The Kier molecular flexibility index (Phi) is 10.2. The number of aliphatic hydroxyl groups is 3. The zero-order valence-corrected chi connectivity index (χ0v) is 14.5. The van der Waals surface area contributed by atoms with Crippen molar-refractivity contribution in [1.82, 2.24) is 0 Å². The van der Waals surface area contributed by atoms with Crippen LogP contribution in [-0.2, 0) is 0 Å². The fourth-order valence-electron chi connectivity index (χ4n) is 1.96. The van der Waals surface area contributed by atoms with Crippen LogP contribution >= 0.6 is 0 Å². The summed E-state index contributed by atoms with van der Waals surface area (Å²) in [7, 11) is 0. The van der Waals surface area contributed by atoms with Gasteiger partial charge in [-0.2, -0.15) is 0 Å². The Morgan fingerprint density at radius 1 is 0.750 bits per heavy atom. The van der Waals surface area contributed by atoms with Crippen LogP contribution in [0.4, 0.5) is 0 Å². The Morgan fingerprint density at radius 2 is 0.950 bits per heavy atom. The van der Waals surface area contributed by atoms with E-state index in [-0.39, 0.29) is 6.10 Å². The lowest BCUT2D eigenvalue weighted by Gasteiger charge is -2.22. The molecule has 0 heterocycles. The third-order valence-electron chi connectivity index (χ3n) is 2.21. The maximum atomic E-state index is 10.00. The zero-order chi connectivity index (χ0) is 16.6. The first-order valence-corrected chi connectivity index (χ1v) is 7.44. The summed E-state index contributed by atoms with van der Waals surface area (Å²) in [6.07, 6.45) is 1.08. The van der Waals surface area contributed by atoms with Crippen molar-refractivity contribution in [3.63, 3.8) is 0 Å². The maximum absolute atomic E-state index is 10.00. The van der Waals surface area contributed by atoms with Crippen molar-refractivity contribution in [2.45, 2.75) is 85.5 Å². The van der Waals surface area contributed by atoms with Gasteiger partial charge in [-0.15, -0.1) is 0 Å². The molecule has 0 bridgehead atoms. The molecule has 2 atom stereocenters. The topological polar surface area (TPSA) is 60.7 Å². The van der Waals surface area contributed by atoms with Gasteiger partial charge in [0.15, 0.2) is 0 Å². The molecule has 3 nitrogen and oxygen atoms in total. The summed E-state index contributed by atoms with van der Waals surface area (Å²) in [5, 5.41) is 28.1. The molecule has 0 spiro atoms. The average molecular weight is 286 g/mol. The summed E-state index contributed by atoms with van der Waals surface area (Å²) in [5.41, 5.74) is -2.01. The predicted molar refractivity (Wildman–Crippen MR) is 85.3 cm³/mol. The summed E-state index contributed by atoms with van der Waals surface area (Å²) in [6, 6.07) is 0. The molecule has 0 aromatic carbocycles. The normalized spacial score (nSPS) is 16.9. The largest absolute Gasteiger partial charge is 0.394 e. The smallest absolute Gasteiger partial charge is 0.123 e. The van der Waals surface area contributed by atoms with E-state index in [0.29, 0.717) is 24.7 Å². The fourth-order valence-corrected chi connectivity index (χ4v) is 1.96. The summed E-state index contributed by atoms with van der Waals surface area (Å²) in [5.74, 6) is 6.36. The molecule has 0 fully saturated rings. The molecular formula is C17H34O3. The Balaban J connectivity index is 0. The monoisotopic (exact) mass is 286 g/mol. The van der Waals surface area contributed by atoms with Crippen molar-refractivity contribution >= 4 is 0 Å². The van der Waals surface area contributed by atoms with Crippen LogP contribution < -0.4 is 0 Å². The van der Waals surface area contributed by atoms with Crippen molar-refractivity contribution in [2.24, 2.45) is 11.8 Å². The minimum absolute atomic E-state index is 0.167. The first-order valence-electron chi connectivity index (χ1n) is 7.44. The highest BCUT2D eigenvalue weighted by molar-refractivity contribution is 5.19. The van der Waals surface area contributed by atoms with Gasteiger partial charge in [0, 0.05) is 6.10 Å². The Hall–Kier alpha value is -0.560. The minimum atomic E-state index is -1.00. The molecule has 2 unspecified atom stereocenters. The highest BCUT2D eigenvalue weighted by Gasteiger charge is 2.22. The van der Waals surface area contributed by atoms with E-state index in [4.69, 9.17) is 5.11 Å². The fraction of sp³-hybridized carbons (Fsp3) is 0.882. The van der Waals surface area contributed by atoms with E-state index >= 15 is 0 Å². The van der Waals surface area contributed by atoms with Crippen molar-refractivity contribution in [2.75, 3.05) is 0 Å². The summed E-state index contributed by atoms with van der Waals surface area (Å²) < 4.78 is 0. The lowest BCUT2D eigenvalue weighted by Crippen LogP contribution is -2.28. The molecule has 0 rings (SSSR count). The van der Waals surface area contributed by atoms with Gasteiger partial charge >= 0.3 is 0 Å². The van der Waals surface area contributed by atoms with Gasteiger partial charge in [0.2, 0.25) is 0 Å². The molecular weight excluding hydrogens is 252 g/mol. The molecule has 0 amide bonds. The van der Waals surface area contributed by atoms with E-state index in [9.17, 15) is 10.2 Å². The highest BCUT2D eigenvalue weighted by atomic mass is 16.3. The van der Waals surface area contributed by atoms with E-state index in [1.165, 1.54) is 0 Å². The highest BCUT2D eigenvalue weighted by Crippen LogP contribution is 2.18. The lowest BCUT2D eigenvalue weighted by molar-refractivity contribution is 0.0859. The van der Waals surface area contributed by atoms with E-state index in [1.807, 2.05) is 27.7 Å². The van der Waals surface area contributed by atoms with Crippen molar-refractivity contribution in [3.8, 4) is 11.8 Å². The second-order valence-electron chi connectivity index (χ2n) is 7.09. The number of rotatable bonds is 4. The summed E-state index contributed by atoms with van der Waals surface area (Å²) in [4.78, 5) is 0. The van der Waals surface area contributed by atoms with Crippen molar-refractivity contribution in [1.29, 1.82) is 0 Å². The van der Waals surface area contributed by atoms with Crippen LogP contribution in [0.1, 0.15) is 68.2 Å². The molecule has 0 saturated carbocycles. The van der Waals surface area contributed by atoms with Crippen LogP contribution in [0, 0.1) is 23.7 Å². The molecule has 20 heavy (non-hydrogen) atoms. The van der Waals surface area contributed by atoms with Crippen LogP contribution in [-0.4, -0.2) is 32.6 Å². The van der Waals surface area contributed by atoms with Crippen LogP contribution in [0.15, 0.2) is 0 Å². The Bertz CT molecular complexity index is 275. The summed E-state index contributed by atoms with van der Waals surface area (Å²) in [6.45, 7) is 15.0. The van der Waals surface area contributed by atoms with Crippen LogP contribution in [0.25, 0.3) is 0 Å².